The number of rotatable bonds is 5. The van der Waals surface area contributed by atoms with Crippen molar-refractivity contribution in [3.63, 3.8) is 0 Å². The number of carbonyl (C=O) groups is 1. The normalized spacial score (nSPS) is 11.1. The van der Waals surface area contributed by atoms with Crippen molar-refractivity contribution in [3.05, 3.63) is 73.2 Å². The highest BCUT2D eigenvalue weighted by Gasteiger charge is 2.19. The first-order valence-corrected chi connectivity index (χ1v) is 9.23. The van der Waals surface area contributed by atoms with Gasteiger partial charge in [0.25, 0.3) is 11.6 Å². The molecule has 7 nitrogen and oxygen atoms in total. The van der Waals surface area contributed by atoms with Gasteiger partial charge >= 0.3 is 0 Å². The van der Waals surface area contributed by atoms with Crippen LogP contribution in [-0.2, 0) is 15.8 Å². The first-order valence-electron chi connectivity index (χ1n) is 6.41. The molecule has 0 radical (unpaired) electrons. The molecule has 0 aliphatic heterocycles. The Kier molecular flexibility index (Phi) is 5.58. The Hall–Kier alpha value is -1.97. The van der Waals surface area contributed by atoms with E-state index in [1.807, 2.05) is 4.72 Å². The van der Waals surface area contributed by atoms with E-state index in [1.54, 1.807) is 6.07 Å². The summed E-state index contributed by atoms with van der Waals surface area (Å²) >= 11 is 8.95. The van der Waals surface area contributed by atoms with Gasteiger partial charge in [0.05, 0.1) is 16.2 Å². The van der Waals surface area contributed by atoms with Crippen molar-refractivity contribution in [1.82, 2.24) is 4.72 Å². The molecule has 0 aliphatic rings. The zero-order valence-electron chi connectivity index (χ0n) is 11.9. The molecular weight excluding hydrogens is 424 g/mol. The highest BCUT2D eigenvalue weighted by molar-refractivity contribution is 9.10. The average Bonchev–Trinajstić information content (AvgIpc) is 2.49. The van der Waals surface area contributed by atoms with Gasteiger partial charge < -0.3 is 0 Å². The second-order valence-corrected chi connectivity index (χ2v) is 7.75. The quantitative estimate of drug-likeness (QED) is 0.575. The van der Waals surface area contributed by atoms with Crippen LogP contribution in [-0.4, -0.2) is 19.2 Å². The summed E-state index contributed by atoms with van der Waals surface area (Å²) in [5.74, 6) is -1.32. The molecule has 0 heterocycles. The van der Waals surface area contributed by atoms with Crippen LogP contribution in [0.5, 0.6) is 0 Å². The fraction of sp³-hybridized carbons (Fsp3) is 0.0714. The Morgan fingerprint density at radius 2 is 1.83 bits per heavy atom. The molecule has 0 aromatic heterocycles. The molecule has 0 unspecified atom stereocenters. The minimum Gasteiger partial charge on any atom is -0.268 e. The van der Waals surface area contributed by atoms with Crippen molar-refractivity contribution in [3.8, 4) is 0 Å². The van der Waals surface area contributed by atoms with E-state index in [-0.39, 0.29) is 16.3 Å². The second-order valence-electron chi connectivity index (χ2n) is 4.74. The molecule has 2 aromatic carbocycles. The fourth-order valence-corrected chi connectivity index (χ4v) is 3.53. The molecule has 10 heteroatoms. The molecule has 24 heavy (non-hydrogen) atoms. The van der Waals surface area contributed by atoms with E-state index >= 15 is 0 Å². The third-order valence-corrected chi connectivity index (χ3v) is 5.06. The first-order chi connectivity index (χ1) is 11.2. The standard InChI is InChI=1S/C14H10BrClN2O5S/c15-13-6-3-10(16)7-12(13)14(19)17-24(22,23)8-9-1-4-11(5-2-9)18(20)21/h1-7H,8H2,(H,17,19). The van der Waals surface area contributed by atoms with Crippen molar-refractivity contribution < 1.29 is 18.1 Å². The maximum absolute atomic E-state index is 12.1. The van der Waals surface area contributed by atoms with Gasteiger partial charge in [-0.1, -0.05) is 23.7 Å². The van der Waals surface area contributed by atoms with Crippen LogP contribution >= 0.6 is 27.5 Å². The number of nitro benzene ring substituents is 1. The highest BCUT2D eigenvalue weighted by atomic mass is 79.9. The number of benzene rings is 2. The summed E-state index contributed by atoms with van der Waals surface area (Å²) in [5, 5.41) is 10.9. The van der Waals surface area contributed by atoms with Crippen LogP contribution in [0.4, 0.5) is 5.69 Å². The number of nitrogens with one attached hydrogen (secondary N) is 1. The topological polar surface area (TPSA) is 106 Å². The Labute approximate surface area is 151 Å². The number of halogens is 2. The lowest BCUT2D eigenvalue weighted by atomic mass is 10.2. The van der Waals surface area contributed by atoms with Gasteiger partial charge in [0, 0.05) is 21.6 Å². The van der Waals surface area contributed by atoms with Crippen molar-refractivity contribution >= 4 is 49.1 Å². The van der Waals surface area contributed by atoms with Crippen molar-refractivity contribution in [2.24, 2.45) is 0 Å². The monoisotopic (exact) mass is 432 g/mol. The van der Waals surface area contributed by atoms with Gasteiger partial charge in [0.1, 0.15) is 0 Å². The SMILES string of the molecule is O=C(NS(=O)(=O)Cc1ccc([N+](=O)[O-])cc1)c1cc(Cl)ccc1Br. The fourth-order valence-electron chi connectivity index (χ4n) is 1.84. The third-order valence-electron chi connectivity index (χ3n) is 2.93. The summed E-state index contributed by atoms with van der Waals surface area (Å²) in [6.07, 6.45) is 0. The lowest BCUT2D eigenvalue weighted by molar-refractivity contribution is -0.384. The van der Waals surface area contributed by atoms with Gasteiger partial charge in [-0.05, 0) is 39.7 Å². The predicted molar refractivity (Wildman–Crippen MR) is 92.3 cm³/mol. The van der Waals surface area contributed by atoms with Gasteiger partial charge in [-0.25, -0.2) is 13.1 Å². The molecule has 1 amide bonds. The summed E-state index contributed by atoms with van der Waals surface area (Å²) in [6, 6.07) is 9.44. The Morgan fingerprint density at radius 3 is 2.42 bits per heavy atom. The van der Waals surface area contributed by atoms with E-state index in [1.165, 1.54) is 36.4 Å². The predicted octanol–water partition coefficient (Wildman–Crippen LogP) is 3.27. The van der Waals surface area contributed by atoms with Crippen LogP contribution in [0.2, 0.25) is 5.02 Å². The van der Waals surface area contributed by atoms with Gasteiger partial charge in [-0.15, -0.1) is 0 Å². The summed E-state index contributed by atoms with van der Waals surface area (Å²) in [6.45, 7) is 0. The Balaban J connectivity index is 2.14. The van der Waals surface area contributed by atoms with E-state index < -0.39 is 26.6 Å². The lowest BCUT2D eigenvalue weighted by Gasteiger charge is -2.08. The number of nitro groups is 1. The maximum atomic E-state index is 12.1. The molecule has 0 fully saturated rings. The summed E-state index contributed by atoms with van der Waals surface area (Å²) in [5.41, 5.74) is 0.240. The van der Waals surface area contributed by atoms with Crippen LogP contribution in [0.25, 0.3) is 0 Å². The van der Waals surface area contributed by atoms with Crippen molar-refractivity contribution in [1.29, 1.82) is 0 Å². The van der Waals surface area contributed by atoms with Crippen LogP contribution in [0.15, 0.2) is 46.9 Å². The van der Waals surface area contributed by atoms with Crippen molar-refractivity contribution in [2.45, 2.75) is 5.75 Å². The van der Waals surface area contributed by atoms with Crippen LogP contribution < -0.4 is 4.72 Å². The number of sulfonamides is 1. The maximum Gasteiger partial charge on any atom is 0.269 e. The van der Waals surface area contributed by atoms with Gasteiger partial charge in [-0.2, -0.15) is 0 Å². The average molecular weight is 434 g/mol. The van der Waals surface area contributed by atoms with Gasteiger partial charge in [0.2, 0.25) is 10.0 Å². The number of amides is 1. The highest BCUT2D eigenvalue weighted by Crippen LogP contribution is 2.21. The van der Waals surface area contributed by atoms with E-state index in [4.69, 9.17) is 11.6 Å². The molecule has 1 N–H and O–H groups in total. The van der Waals surface area contributed by atoms with Crippen LogP contribution in [0, 0.1) is 10.1 Å². The number of carbonyl (C=O) groups excluding carboxylic acids is 1. The van der Waals surface area contributed by atoms with Crippen molar-refractivity contribution in [2.75, 3.05) is 0 Å². The third kappa shape index (κ3) is 4.76. The molecule has 0 atom stereocenters. The molecular formula is C14H10BrClN2O5S. The smallest absolute Gasteiger partial charge is 0.268 e. The van der Waals surface area contributed by atoms with Gasteiger partial charge in [-0.3, -0.25) is 14.9 Å². The lowest BCUT2D eigenvalue weighted by Crippen LogP contribution is -2.31. The second kappa shape index (κ2) is 7.29. The molecule has 2 rings (SSSR count). The molecule has 0 saturated heterocycles. The number of non-ortho nitro benzene ring substituents is 1. The van der Waals surface area contributed by atoms with E-state index in [0.717, 1.165) is 0 Å². The van der Waals surface area contributed by atoms with E-state index in [2.05, 4.69) is 15.9 Å². The largest absolute Gasteiger partial charge is 0.269 e. The number of nitrogens with zero attached hydrogens (tertiary/aromatic N) is 1. The first kappa shape index (κ1) is 18.4. The molecule has 0 saturated carbocycles. The Bertz CT molecular complexity index is 900. The minimum absolute atomic E-state index is 0.0785. The summed E-state index contributed by atoms with van der Waals surface area (Å²) in [7, 11) is -3.98. The van der Waals surface area contributed by atoms with Gasteiger partial charge in [0.15, 0.2) is 0 Å². The van der Waals surface area contributed by atoms with Crippen LogP contribution in [0.1, 0.15) is 15.9 Å². The zero-order chi connectivity index (χ0) is 17.9. The zero-order valence-corrected chi connectivity index (χ0v) is 15.1. The molecule has 0 spiro atoms. The minimum atomic E-state index is -3.98. The van der Waals surface area contributed by atoms with E-state index in [9.17, 15) is 23.3 Å². The summed E-state index contributed by atoms with van der Waals surface area (Å²) < 4.78 is 26.5. The van der Waals surface area contributed by atoms with Crippen LogP contribution in [0.3, 0.4) is 0 Å². The molecule has 2 aromatic rings. The molecule has 0 bridgehead atoms. The molecule has 126 valence electrons. The Morgan fingerprint density at radius 1 is 1.21 bits per heavy atom. The number of hydrogen-bond acceptors (Lipinski definition) is 5. The number of hydrogen-bond donors (Lipinski definition) is 1. The molecule has 0 aliphatic carbocycles. The van der Waals surface area contributed by atoms with E-state index in [0.29, 0.717) is 10.0 Å². The summed E-state index contributed by atoms with van der Waals surface area (Å²) in [4.78, 5) is 22.1.